The summed E-state index contributed by atoms with van der Waals surface area (Å²) in [4.78, 5) is 2.59. The van der Waals surface area contributed by atoms with Crippen molar-refractivity contribution in [1.29, 1.82) is 0 Å². The maximum atomic E-state index is 13.2. The molecule has 0 N–H and O–H groups in total. The van der Waals surface area contributed by atoms with E-state index in [4.69, 9.17) is 0 Å². The fourth-order valence-electron chi connectivity index (χ4n) is 5.49. The van der Waals surface area contributed by atoms with E-state index < -0.39 is 22.7 Å². The van der Waals surface area contributed by atoms with Crippen molar-refractivity contribution in [2.24, 2.45) is 5.41 Å². The second kappa shape index (κ2) is 6.83. The zero-order chi connectivity index (χ0) is 19.5. The van der Waals surface area contributed by atoms with Gasteiger partial charge in [-0.1, -0.05) is 0 Å². The van der Waals surface area contributed by atoms with Crippen molar-refractivity contribution >= 4 is 10.8 Å². The van der Waals surface area contributed by atoms with Crippen LogP contribution in [0.2, 0.25) is 0 Å². The number of nitrogens with zero attached hydrogens (tertiary/aromatic N) is 3. The summed E-state index contributed by atoms with van der Waals surface area (Å²) >= 11 is 0. The predicted octanol–water partition coefficient (Wildman–Crippen LogP) is 4.11. The lowest BCUT2D eigenvalue weighted by atomic mass is 9.78. The number of halogens is 3. The Morgan fingerprint density at radius 2 is 1.61 bits per heavy atom. The van der Waals surface area contributed by atoms with Crippen LogP contribution in [0.3, 0.4) is 0 Å². The fraction of sp³-hybridized carbons (Fsp3) is 0.850. The van der Waals surface area contributed by atoms with Gasteiger partial charge >= 0.3 is 6.18 Å². The van der Waals surface area contributed by atoms with Crippen molar-refractivity contribution in [2.45, 2.75) is 75.5 Å². The Morgan fingerprint density at radius 3 is 2.14 bits per heavy atom. The molecule has 1 spiro atoms. The molecule has 2 aliphatic heterocycles. The maximum Gasteiger partial charge on any atom is 0.435 e. The van der Waals surface area contributed by atoms with Gasteiger partial charge in [-0.2, -0.15) is 18.3 Å². The fourth-order valence-corrected chi connectivity index (χ4v) is 7.35. The number of rotatable bonds is 3. The summed E-state index contributed by atoms with van der Waals surface area (Å²) in [6, 6.07) is 2.04. The van der Waals surface area contributed by atoms with Crippen LogP contribution in [0.5, 0.6) is 0 Å². The van der Waals surface area contributed by atoms with Crippen LogP contribution in [0.15, 0.2) is 6.07 Å². The van der Waals surface area contributed by atoms with Gasteiger partial charge in [-0.15, -0.1) is 0 Å². The standard InChI is InChI=1S/C20H28F3N3OS/c21-20(22,23)18-11-17(26(24-18)16-5-6-16)14-1-3-15(4-2-14)25-9-7-19(8-10-25)12-28(27)13-19/h11,14-16H,1-10,12-13H2. The number of aromatic nitrogens is 2. The molecule has 5 rings (SSSR count). The third-order valence-corrected chi connectivity index (χ3v) is 9.24. The second-order valence-electron chi connectivity index (χ2n) is 9.40. The first-order valence-electron chi connectivity index (χ1n) is 10.6. The smallest absolute Gasteiger partial charge is 0.300 e. The van der Waals surface area contributed by atoms with Gasteiger partial charge in [0.25, 0.3) is 0 Å². The molecular formula is C20H28F3N3OS. The van der Waals surface area contributed by atoms with E-state index in [9.17, 15) is 17.4 Å². The summed E-state index contributed by atoms with van der Waals surface area (Å²) in [7, 11) is -0.583. The molecular weight excluding hydrogens is 387 g/mol. The highest BCUT2D eigenvalue weighted by Crippen LogP contribution is 2.45. The van der Waals surface area contributed by atoms with Crippen molar-refractivity contribution in [3.63, 3.8) is 0 Å². The van der Waals surface area contributed by atoms with Crippen LogP contribution in [-0.2, 0) is 17.0 Å². The average molecular weight is 416 g/mol. The Hall–Kier alpha value is -0.890. The quantitative estimate of drug-likeness (QED) is 0.746. The minimum Gasteiger partial charge on any atom is -0.300 e. The normalized spacial score (nSPS) is 31.8. The summed E-state index contributed by atoms with van der Waals surface area (Å²) in [5.74, 6) is 1.98. The van der Waals surface area contributed by atoms with Gasteiger partial charge in [0, 0.05) is 40.0 Å². The van der Waals surface area contributed by atoms with Crippen LogP contribution in [0.1, 0.15) is 74.7 Å². The van der Waals surface area contributed by atoms with E-state index in [1.54, 1.807) is 4.68 Å². The monoisotopic (exact) mass is 415 g/mol. The highest BCUT2D eigenvalue weighted by molar-refractivity contribution is 7.86. The summed E-state index contributed by atoms with van der Waals surface area (Å²) in [6.45, 7) is 2.18. The Balaban J connectivity index is 1.21. The minimum absolute atomic E-state index is 0.176. The van der Waals surface area contributed by atoms with Crippen molar-refractivity contribution < 1.29 is 17.4 Å². The van der Waals surface area contributed by atoms with Gasteiger partial charge in [-0.25, -0.2) is 0 Å². The number of likely N-dealkylation sites (tertiary alicyclic amines) is 1. The van der Waals surface area contributed by atoms with E-state index in [-0.39, 0.29) is 12.0 Å². The molecule has 2 aliphatic carbocycles. The Kier molecular flexibility index (Phi) is 4.66. The van der Waals surface area contributed by atoms with E-state index in [2.05, 4.69) is 10.00 Å². The topological polar surface area (TPSA) is 38.1 Å². The van der Waals surface area contributed by atoms with Crippen LogP contribution in [0.25, 0.3) is 0 Å². The first-order valence-corrected chi connectivity index (χ1v) is 12.1. The maximum absolute atomic E-state index is 13.2. The van der Waals surface area contributed by atoms with Gasteiger partial charge in [0.2, 0.25) is 0 Å². The van der Waals surface area contributed by atoms with E-state index in [1.807, 2.05) is 0 Å². The number of hydrogen-bond acceptors (Lipinski definition) is 3. The molecule has 4 aliphatic rings. The third kappa shape index (κ3) is 3.55. The molecule has 0 atom stereocenters. The first kappa shape index (κ1) is 19.1. The summed E-state index contributed by atoms with van der Waals surface area (Å²) in [6.07, 6.45) is 3.86. The van der Waals surface area contributed by atoms with E-state index in [0.717, 1.165) is 81.7 Å². The molecule has 28 heavy (non-hydrogen) atoms. The summed E-state index contributed by atoms with van der Waals surface area (Å²) in [5.41, 5.74) is 0.433. The van der Waals surface area contributed by atoms with Gasteiger partial charge in [0.05, 0.1) is 6.04 Å². The minimum atomic E-state index is -4.36. The molecule has 2 saturated carbocycles. The van der Waals surface area contributed by atoms with Crippen LogP contribution in [0, 0.1) is 5.41 Å². The van der Waals surface area contributed by atoms with Crippen LogP contribution >= 0.6 is 0 Å². The SMILES string of the molecule is O=S1CC2(CCN(C3CCC(c4cc(C(F)(F)F)nn4C4CC4)CC3)CC2)C1. The molecule has 1 aromatic rings. The van der Waals surface area contributed by atoms with Gasteiger partial charge in [-0.05, 0) is 75.9 Å². The van der Waals surface area contributed by atoms with Gasteiger partial charge < -0.3 is 4.90 Å². The van der Waals surface area contributed by atoms with E-state index in [0.29, 0.717) is 11.5 Å². The Morgan fingerprint density at radius 1 is 1.00 bits per heavy atom. The molecule has 0 radical (unpaired) electrons. The molecule has 0 unspecified atom stereocenters. The van der Waals surface area contributed by atoms with Crippen LogP contribution in [-0.4, -0.2) is 49.5 Å². The molecule has 0 amide bonds. The lowest BCUT2D eigenvalue weighted by Gasteiger charge is -2.49. The lowest BCUT2D eigenvalue weighted by molar-refractivity contribution is -0.141. The highest BCUT2D eigenvalue weighted by Gasteiger charge is 2.46. The largest absolute Gasteiger partial charge is 0.435 e. The van der Waals surface area contributed by atoms with Crippen LogP contribution < -0.4 is 0 Å². The lowest BCUT2D eigenvalue weighted by Crippen LogP contribution is -2.54. The first-order chi connectivity index (χ1) is 13.3. The average Bonchev–Trinajstić information content (AvgIpc) is 3.38. The molecule has 4 fully saturated rings. The number of alkyl halides is 3. The molecule has 4 nitrogen and oxygen atoms in total. The molecule has 8 heteroatoms. The number of hydrogen-bond donors (Lipinski definition) is 0. The van der Waals surface area contributed by atoms with Crippen molar-refractivity contribution in [1.82, 2.24) is 14.7 Å². The predicted molar refractivity (Wildman–Crippen MR) is 102 cm³/mol. The van der Waals surface area contributed by atoms with Crippen molar-refractivity contribution in [2.75, 3.05) is 24.6 Å². The second-order valence-corrected chi connectivity index (χ2v) is 10.9. The van der Waals surface area contributed by atoms with E-state index >= 15 is 0 Å². The molecule has 0 bridgehead atoms. The molecule has 2 saturated heterocycles. The van der Waals surface area contributed by atoms with E-state index in [1.165, 1.54) is 6.07 Å². The Labute approximate surface area is 166 Å². The summed E-state index contributed by atoms with van der Waals surface area (Å²) in [5, 5.41) is 3.92. The molecule has 1 aromatic heterocycles. The zero-order valence-electron chi connectivity index (χ0n) is 16.1. The third-order valence-electron chi connectivity index (χ3n) is 7.37. The molecule has 3 heterocycles. The van der Waals surface area contributed by atoms with Crippen LogP contribution in [0.4, 0.5) is 13.2 Å². The number of piperidine rings is 1. The zero-order valence-corrected chi connectivity index (χ0v) is 16.9. The summed E-state index contributed by atoms with van der Waals surface area (Å²) < 4.78 is 52.6. The Bertz CT molecular complexity index is 747. The van der Waals surface area contributed by atoms with Gasteiger partial charge in [-0.3, -0.25) is 8.89 Å². The highest BCUT2D eigenvalue weighted by atomic mass is 32.2. The molecule has 156 valence electrons. The van der Waals surface area contributed by atoms with Crippen molar-refractivity contribution in [3.8, 4) is 0 Å². The van der Waals surface area contributed by atoms with Gasteiger partial charge in [0.1, 0.15) is 0 Å². The molecule has 0 aromatic carbocycles. The van der Waals surface area contributed by atoms with Gasteiger partial charge in [0.15, 0.2) is 5.69 Å². The van der Waals surface area contributed by atoms with Crippen molar-refractivity contribution in [3.05, 3.63) is 17.5 Å².